The highest BCUT2D eigenvalue weighted by atomic mass is 35.5. The molecule has 0 aliphatic rings. The fraction of sp³-hybridized carbons (Fsp3) is 0.273. The van der Waals surface area contributed by atoms with Gasteiger partial charge in [-0.05, 0) is 37.6 Å². The highest BCUT2D eigenvalue weighted by molar-refractivity contribution is 6.30. The summed E-state index contributed by atoms with van der Waals surface area (Å²) in [5.41, 5.74) is 0.837. The molecule has 0 aromatic heterocycles. The summed E-state index contributed by atoms with van der Waals surface area (Å²) in [6.45, 7) is 3.40. The molecule has 84 valence electrons. The summed E-state index contributed by atoms with van der Waals surface area (Å²) >= 11 is 5.79. The molecule has 0 aliphatic heterocycles. The van der Waals surface area contributed by atoms with Crippen LogP contribution in [0.15, 0.2) is 18.2 Å². The number of hydrogen-bond acceptors (Lipinski definition) is 3. The Hall–Kier alpha value is -1.73. The lowest BCUT2D eigenvalue weighted by Crippen LogP contribution is -2.33. The molecular weight excluding hydrogens is 228 g/mol. The molecule has 1 aromatic carbocycles. The van der Waals surface area contributed by atoms with Crippen LogP contribution in [-0.4, -0.2) is 12.0 Å². The zero-order chi connectivity index (χ0) is 12.1. The first-order chi connectivity index (χ1) is 7.54. The molecule has 0 saturated carbocycles. The number of halogens is 1. The maximum atomic E-state index is 11.2. The number of carbonyl (C=O) groups is 1. The van der Waals surface area contributed by atoms with E-state index in [4.69, 9.17) is 21.6 Å². The molecule has 0 radical (unpaired) electrons. The molecular formula is C11H11ClN2O2. The van der Waals surface area contributed by atoms with Crippen LogP contribution in [0.3, 0.4) is 0 Å². The molecule has 1 rings (SSSR count). The Kier molecular flexibility index (Phi) is 4.15. The van der Waals surface area contributed by atoms with Crippen LogP contribution in [0.1, 0.15) is 12.5 Å². The van der Waals surface area contributed by atoms with E-state index in [1.54, 1.807) is 31.3 Å². The first-order valence-corrected chi connectivity index (χ1v) is 5.04. The minimum atomic E-state index is -0.723. The molecule has 0 aliphatic carbocycles. The van der Waals surface area contributed by atoms with Gasteiger partial charge in [-0.2, -0.15) is 5.26 Å². The number of amides is 1. The van der Waals surface area contributed by atoms with Crippen LogP contribution >= 0.6 is 11.6 Å². The molecule has 1 N–H and O–H groups in total. The van der Waals surface area contributed by atoms with Gasteiger partial charge in [-0.3, -0.25) is 10.1 Å². The number of hydrogen-bond donors (Lipinski definition) is 1. The fourth-order valence-electron chi connectivity index (χ4n) is 1.15. The van der Waals surface area contributed by atoms with Gasteiger partial charge >= 0.3 is 0 Å². The topological polar surface area (TPSA) is 62.1 Å². The van der Waals surface area contributed by atoms with E-state index >= 15 is 0 Å². The quantitative estimate of drug-likeness (QED) is 0.647. The lowest BCUT2D eigenvalue weighted by atomic mass is 10.2. The van der Waals surface area contributed by atoms with Crippen LogP contribution in [0.2, 0.25) is 5.02 Å². The SMILES string of the molecule is Cc1cc(Cl)ccc1OC(C)C(=O)NC#N. The summed E-state index contributed by atoms with van der Waals surface area (Å²) in [7, 11) is 0. The van der Waals surface area contributed by atoms with Crippen LogP contribution < -0.4 is 10.1 Å². The van der Waals surface area contributed by atoms with Gasteiger partial charge in [-0.15, -0.1) is 0 Å². The number of nitriles is 1. The number of aryl methyl sites for hydroxylation is 1. The van der Waals surface area contributed by atoms with E-state index < -0.39 is 12.0 Å². The standard InChI is InChI=1S/C11H11ClN2O2/c1-7-5-9(12)3-4-10(7)16-8(2)11(15)14-6-13/h3-5,8H,1-2H3,(H,14,15). The van der Waals surface area contributed by atoms with E-state index in [0.29, 0.717) is 10.8 Å². The van der Waals surface area contributed by atoms with Gasteiger partial charge in [0.25, 0.3) is 5.91 Å². The number of nitrogens with one attached hydrogen (secondary N) is 1. The molecule has 1 amide bonds. The third-order valence-corrected chi connectivity index (χ3v) is 2.22. The van der Waals surface area contributed by atoms with Crippen molar-refractivity contribution in [3.05, 3.63) is 28.8 Å². The first kappa shape index (κ1) is 12.3. The molecule has 0 spiro atoms. The summed E-state index contributed by atoms with van der Waals surface area (Å²) in [4.78, 5) is 11.2. The van der Waals surface area contributed by atoms with Crippen LogP contribution in [0, 0.1) is 18.4 Å². The summed E-state index contributed by atoms with van der Waals surface area (Å²) in [6.07, 6.45) is 0.835. The van der Waals surface area contributed by atoms with Crippen molar-refractivity contribution in [1.29, 1.82) is 5.26 Å². The van der Waals surface area contributed by atoms with Gasteiger partial charge in [-0.25, -0.2) is 0 Å². The van der Waals surface area contributed by atoms with Crippen LogP contribution in [0.4, 0.5) is 0 Å². The Bertz CT molecular complexity index is 440. The second kappa shape index (κ2) is 5.38. The normalized spacial score (nSPS) is 11.4. The Morgan fingerprint density at radius 2 is 2.31 bits per heavy atom. The smallest absolute Gasteiger partial charge is 0.273 e. The maximum Gasteiger partial charge on any atom is 0.273 e. The van der Waals surface area contributed by atoms with Crippen molar-refractivity contribution in [3.8, 4) is 11.9 Å². The molecule has 5 heteroatoms. The molecule has 0 bridgehead atoms. The molecule has 1 atom stereocenters. The summed E-state index contributed by atoms with van der Waals surface area (Å²) in [5.74, 6) is 0.0989. The van der Waals surface area contributed by atoms with Crippen molar-refractivity contribution >= 4 is 17.5 Å². The highest BCUT2D eigenvalue weighted by Crippen LogP contribution is 2.22. The summed E-state index contributed by atoms with van der Waals surface area (Å²) in [6, 6.07) is 5.11. The Labute approximate surface area is 98.8 Å². The van der Waals surface area contributed by atoms with Gasteiger partial charge in [0.2, 0.25) is 0 Å². The average molecular weight is 239 g/mol. The number of ether oxygens (including phenoxy) is 1. The van der Waals surface area contributed by atoms with Gasteiger partial charge in [0.15, 0.2) is 12.3 Å². The monoisotopic (exact) mass is 238 g/mol. The molecule has 1 aromatic rings. The molecule has 1 unspecified atom stereocenters. The lowest BCUT2D eigenvalue weighted by Gasteiger charge is -2.14. The number of rotatable bonds is 3. The lowest BCUT2D eigenvalue weighted by molar-refractivity contribution is -0.126. The molecule has 0 saturated heterocycles. The highest BCUT2D eigenvalue weighted by Gasteiger charge is 2.14. The molecule has 0 heterocycles. The predicted octanol–water partition coefficient (Wildman–Crippen LogP) is 2.01. The number of benzene rings is 1. The summed E-state index contributed by atoms with van der Waals surface area (Å²) < 4.78 is 5.39. The predicted molar refractivity (Wildman–Crippen MR) is 60.0 cm³/mol. The van der Waals surface area contributed by atoms with Crippen LogP contribution in [0.5, 0.6) is 5.75 Å². The van der Waals surface area contributed by atoms with Crippen LogP contribution in [0.25, 0.3) is 0 Å². The minimum Gasteiger partial charge on any atom is -0.481 e. The molecule has 4 nitrogen and oxygen atoms in total. The van der Waals surface area contributed by atoms with E-state index in [1.165, 1.54) is 0 Å². The largest absolute Gasteiger partial charge is 0.481 e. The van der Waals surface area contributed by atoms with E-state index in [2.05, 4.69) is 0 Å². The average Bonchev–Trinajstić information content (AvgIpc) is 2.22. The van der Waals surface area contributed by atoms with E-state index in [9.17, 15) is 4.79 Å². The van der Waals surface area contributed by atoms with Crippen LogP contribution in [-0.2, 0) is 4.79 Å². The third kappa shape index (κ3) is 3.14. The van der Waals surface area contributed by atoms with Crippen molar-refractivity contribution in [3.63, 3.8) is 0 Å². The van der Waals surface area contributed by atoms with Gasteiger partial charge in [0.05, 0.1) is 0 Å². The minimum absolute atomic E-state index is 0.475. The van der Waals surface area contributed by atoms with Crippen molar-refractivity contribution in [2.24, 2.45) is 0 Å². The van der Waals surface area contributed by atoms with Crippen molar-refractivity contribution in [2.45, 2.75) is 20.0 Å². The zero-order valence-electron chi connectivity index (χ0n) is 8.95. The maximum absolute atomic E-state index is 11.2. The second-order valence-corrected chi connectivity index (χ2v) is 3.71. The van der Waals surface area contributed by atoms with Gasteiger partial charge < -0.3 is 4.74 Å². The number of nitrogens with zero attached hydrogens (tertiary/aromatic N) is 1. The van der Waals surface area contributed by atoms with Gasteiger partial charge in [-0.1, -0.05) is 11.6 Å². The van der Waals surface area contributed by atoms with Crippen molar-refractivity contribution < 1.29 is 9.53 Å². The van der Waals surface area contributed by atoms with Crippen molar-refractivity contribution in [1.82, 2.24) is 5.32 Å². The van der Waals surface area contributed by atoms with E-state index in [0.717, 1.165) is 5.56 Å². The Balaban J connectivity index is 2.74. The van der Waals surface area contributed by atoms with Crippen molar-refractivity contribution in [2.75, 3.05) is 0 Å². The molecule has 16 heavy (non-hydrogen) atoms. The fourth-order valence-corrected chi connectivity index (χ4v) is 1.37. The summed E-state index contributed by atoms with van der Waals surface area (Å²) in [5, 5.41) is 10.9. The van der Waals surface area contributed by atoms with E-state index in [1.807, 2.05) is 12.2 Å². The Morgan fingerprint density at radius 3 is 2.88 bits per heavy atom. The molecule has 0 fully saturated rings. The number of carbonyl (C=O) groups excluding carboxylic acids is 1. The Morgan fingerprint density at radius 1 is 1.62 bits per heavy atom. The van der Waals surface area contributed by atoms with Gasteiger partial charge in [0.1, 0.15) is 5.75 Å². The van der Waals surface area contributed by atoms with Gasteiger partial charge in [0, 0.05) is 5.02 Å². The zero-order valence-corrected chi connectivity index (χ0v) is 9.71. The first-order valence-electron chi connectivity index (χ1n) is 4.66. The third-order valence-electron chi connectivity index (χ3n) is 1.99. The second-order valence-electron chi connectivity index (χ2n) is 3.27. The van der Waals surface area contributed by atoms with E-state index in [-0.39, 0.29) is 0 Å².